The lowest BCUT2D eigenvalue weighted by Gasteiger charge is -2.26. The third kappa shape index (κ3) is 7.47. The molecule has 30 heavy (non-hydrogen) atoms. The fourth-order valence-corrected chi connectivity index (χ4v) is 5.61. The molecule has 0 radical (unpaired) electrons. The summed E-state index contributed by atoms with van der Waals surface area (Å²) < 4.78 is 5.41. The van der Waals surface area contributed by atoms with Crippen LogP contribution >= 0.6 is 0 Å². The van der Waals surface area contributed by atoms with Crippen molar-refractivity contribution in [2.75, 3.05) is 32.8 Å². The lowest BCUT2D eigenvalue weighted by Crippen LogP contribution is -2.36. The van der Waals surface area contributed by atoms with E-state index < -0.39 is 0 Å². The molecule has 1 saturated heterocycles. The van der Waals surface area contributed by atoms with Gasteiger partial charge in [0.2, 0.25) is 0 Å². The van der Waals surface area contributed by atoms with Gasteiger partial charge < -0.3 is 14.9 Å². The van der Waals surface area contributed by atoms with Crippen molar-refractivity contribution in [1.82, 2.24) is 4.90 Å². The zero-order chi connectivity index (χ0) is 21.2. The topological polar surface area (TPSA) is 52.9 Å². The van der Waals surface area contributed by atoms with Gasteiger partial charge in [0.15, 0.2) is 0 Å². The lowest BCUT2D eigenvalue weighted by molar-refractivity contribution is 0.0371. The fraction of sp³-hybridized carbons (Fsp3) is 0.846. The minimum atomic E-state index is -0.353. The number of ether oxygens (including phenoxy) is 1. The van der Waals surface area contributed by atoms with E-state index in [9.17, 15) is 10.2 Å². The summed E-state index contributed by atoms with van der Waals surface area (Å²) in [5, 5.41) is 20.7. The van der Waals surface area contributed by atoms with Crippen molar-refractivity contribution in [2.24, 2.45) is 17.8 Å². The maximum absolute atomic E-state index is 10.5. The van der Waals surface area contributed by atoms with E-state index in [0.717, 1.165) is 52.0 Å². The van der Waals surface area contributed by atoms with Gasteiger partial charge in [0, 0.05) is 19.0 Å². The molecule has 2 fully saturated rings. The first-order chi connectivity index (χ1) is 14.7. The number of morpholine rings is 1. The van der Waals surface area contributed by atoms with Crippen LogP contribution in [0.4, 0.5) is 0 Å². The van der Waals surface area contributed by atoms with E-state index >= 15 is 0 Å². The Balaban J connectivity index is 1.31. The number of hydrogen-bond acceptors (Lipinski definition) is 4. The molecule has 1 aliphatic heterocycles. The zero-order valence-electron chi connectivity index (χ0n) is 19.2. The summed E-state index contributed by atoms with van der Waals surface area (Å²) in [6.07, 6.45) is 18.8. The first-order valence-corrected chi connectivity index (χ1v) is 12.7. The van der Waals surface area contributed by atoms with E-state index in [4.69, 9.17) is 4.74 Å². The molecule has 3 rings (SSSR count). The minimum Gasteiger partial charge on any atom is -0.392 e. The van der Waals surface area contributed by atoms with Crippen molar-refractivity contribution >= 4 is 0 Å². The van der Waals surface area contributed by atoms with Crippen LogP contribution in [0.5, 0.6) is 0 Å². The second-order valence-electron chi connectivity index (χ2n) is 9.80. The third-order valence-corrected chi connectivity index (χ3v) is 7.43. The molecule has 0 unspecified atom stereocenters. The van der Waals surface area contributed by atoms with Gasteiger partial charge in [0.05, 0.1) is 25.4 Å². The number of nitrogens with zero attached hydrogens (tertiary/aromatic N) is 1. The quantitative estimate of drug-likeness (QED) is 0.335. The summed E-state index contributed by atoms with van der Waals surface area (Å²) in [7, 11) is 0. The molecule has 0 spiro atoms. The summed E-state index contributed by atoms with van der Waals surface area (Å²) in [6.45, 7) is 7.43. The van der Waals surface area contributed by atoms with Gasteiger partial charge in [-0.05, 0) is 56.9 Å². The van der Waals surface area contributed by atoms with E-state index in [1.54, 1.807) is 5.57 Å². The summed E-state index contributed by atoms with van der Waals surface area (Å²) in [6, 6.07) is 0. The monoisotopic (exact) mass is 419 g/mol. The highest BCUT2D eigenvalue weighted by Crippen LogP contribution is 2.48. The molecule has 172 valence electrons. The van der Waals surface area contributed by atoms with Gasteiger partial charge in [-0.15, -0.1) is 0 Å². The number of fused-ring (bicyclic) bond motifs is 1. The molecule has 4 nitrogen and oxygen atoms in total. The van der Waals surface area contributed by atoms with Gasteiger partial charge in [-0.3, -0.25) is 4.90 Å². The fourth-order valence-electron chi connectivity index (χ4n) is 5.61. The Labute approximate surface area is 184 Å². The second-order valence-corrected chi connectivity index (χ2v) is 9.80. The Hall–Kier alpha value is -0.680. The van der Waals surface area contributed by atoms with E-state index in [-0.39, 0.29) is 18.1 Å². The first-order valence-electron chi connectivity index (χ1n) is 12.7. The first kappa shape index (κ1) is 24.0. The van der Waals surface area contributed by atoms with Gasteiger partial charge in [-0.1, -0.05) is 62.8 Å². The summed E-state index contributed by atoms with van der Waals surface area (Å²) in [5.74, 6) is 1.32. The number of rotatable bonds is 13. The number of unbranched alkanes of at least 4 members (excludes halogenated alkanes) is 5. The van der Waals surface area contributed by atoms with Crippen LogP contribution in [0.15, 0.2) is 23.8 Å². The molecule has 2 N–H and O–H groups in total. The SMILES string of the molecule is CCCCC[C@H](O)C=C[C@@H]1[C@H]2CC(CCCCCCN3CCOCC3)=C[C@H]2C[C@H]1O. The number of aliphatic hydroxyl groups is 2. The average molecular weight is 420 g/mol. The van der Waals surface area contributed by atoms with Crippen LogP contribution in [0.2, 0.25) is 0 Å². The van der Waals surface area contributed by atoms with Gasteiger partial charge >= 0.3 is 0 Å². The summed E-state index contributed by atoms with van der Waals surface area (Å²) in [5.41, 5.74) is 1.62. The molecule has 1 saturated carbocycles. The van der Waals surface area contributed by atoms with Crippen LogP contribution in [0.25, 0.3) is 0 Å². The molecular formula is C26H45NO3. The highest BCUT2D eigenvalue weighted by atomic mass is 16.5. The molecule has 0 aromatic carbocycles. The maximum atomic E-state index is 10.5. The molecule has 0 amide bonds. The zero-order valence-corrected chi connectivity index (χ0v) is 19.2. The predicted octanol–water partition coefficient (Wildman–Crippen LogP) is 4.71. The molecule has 1 heterocycles. The Kier molecular flexibility index (Phi) is 10.4. The molecule has 0 aromatic heterocycles. The highest BCUT2D eigenvalue weighted by Gasteiger charge is 2.43. The molecule has 2 aliphatic carbocycles. The van der Waals surface area contributed by atoms with Crippen LogP contribution in [0.1, 0.15) is 77.6 Å². The molecule has 3 aliphatic rings. The largest absolute Gasteiger partial charge is 0.392 e. The van der Waals surface area contributed by atoms with Crippen molar-refractivity contribution in [2.45, 2.75) is 89.8 Å². The smallest absolute Gasteiger partial charge is 0.0721 e. The number of allylic oxidation sites excluding steroid dienone is 2. The molecule has 0 aromatic rings. The number of hydrogen-bond donors (Lipinski definition) is 2. The van der Waals surface area contributed by atoms with Crippen molar-refractivity contribution in [3.63, 3.8) is 0 Å². The highest BCUT2D eigenvalue weighted by molar-refractivity contribution is 5.20. The van der Waals surface area contributed by atoms with Crippen LogP contribution in [-0.2, 0) is 4.74 Å². The minimum absolute atomic E-state index is 0.220. The predicted molar refractivity (Wildman–Crippen MR) is 123 cm³/mol. The Morgan fingerprint density at radius 3 is 2.73 bits per heavy atom. The third-order valence-electron chi connectivity index (χ3n) is 7.43. The van der Waals surface area contributed by atoms with E-state index in [1.165, 1.54) is 51.5 Å². The molecule has 4 heteroatoms. The van der Waals surface area contributed by atoms with Crippen molar-refractivity contribution in [3.05, 3.63) is 23.8 Å². The summed E-state index contributed by atoms with van der Waals surface area (Å²) >= 11 is 0. The molecule has 0 bridgehead atoms. The maximum Gasteiger partial charge on any atom is 0.0721 e. The van der Waals surface area contributed by atoms with Crippen molar-refractivity contribution in [3.8, 4) is 0 Å². The van der Waals surface area contributed by atoms with E-state index in [0.29, 0.717) is 11.8 Å². The van der Waals surface area contributed by atoms with Crippen LogP contribution in [0, 0.1) is 17.8 Å². The second kappa shape index (κ2) is 13.0. The van der Waals surface area contributed by atoms with Gasteiger partial charge in [0.25, 0.3) is 0 Å². The Bertz CT molecular complexity index is 540. The van der Waals surface area contributed by atoms with Gasteiger partial charge in [-0.2, -0.15) is 0 Å². The van der Waals surface area contributed by atoms with Crippen molar-refractivity contribution in [1.29, 1.82) is 0 Å². The van der Waals surface area contributed by atoms with E-state index in [1.807, 2.05) is 6.08 Å². The van der Waals surface area contributed by atoms with Gasteiger partial charge in [-0.25, -0.2) is 0 Å². The standard InChI is InChI=1S/C26H45NO3/c1-2-3-6-10-23(28)11-12-24-25-19-21(18-22(25)20-26(24)29)9-7-4-5-8-13-27-14-16-30-17-15-27/h11-12,18,22-26,28-29H,2-10,13-17,19-20H2,1H3/t22-,23-,24+,25-,26+/m0/s1. The van der Waals surface area contributed by atoms with Gasteiger partial charge in [0.1, 0.15) is 0 Å². The van der Waals surface area contributed by atoms with Crippen LogP contribution in [0.3, 0.4) is 0 Å². The summed E-state index contributed by atoms with van der Waals surface area (Å²) in [4.78, 5) is 2.53. The molecular weight excluding hydrogens is 374 g/mol. The average Bonchev–Trinajstić information content (AvgIpc) is 3.26. The lowest BCUT2D eigenvalue weighted by atomic mass is 9.88. The number of aliphatic hydroxyl groups excluding tert-OH is 2. The Morgan fingerprint density at radius 2 is 1.93 bits per heavy atom. The normalized spacial score (nSPS) is 30.7. The Morgan fingerprint density at radius 1 is 1.13 bits per heavy atom. The van der Waals surface area contributed by atoms with Crippen LogP contribution < -0.4 is 0 Å². The van der Waals surface area contributed by atoms with E-state index in [2.05, 4.69) is 24.0 Å². The van der Waals surface area contributed by atoms with Crippen LogP contribution in [-0.4, -0.2) is 60.2 Å². The van der Waals surface area contributed by atoms with Crippen molar-refractivity contribution < 1.29 is 14.9 Å². The molecule has 5 atom stereocenters.